The van der Waals surface area contributed by atoms with Crippen molar-refractivity contribution in [3.05, 3.63) is 27.5 Å². The first kappa shape index (κ1) is 17.4. The zero-order valence-electron chi connectivity index (χ0n) is 12.4. The van der Waals surface area contributed by atoms with E-state index in [-0.39, 0.29) is 11.2 Å². The Balaban J connectivity index is 0.00000137. The second-order valence-electron chi connectivity index (χ2n) is 4.64. The van der Waals surface area contributed by atoms with Gasteiger partial charge in [0.1, 0.15) is 11.6 Å². The Kier molecular flexibility index (Phi) is 6.90. The highest BCUT2D eigenvalue weighted by Crippen LogP contribution is 2.41. The summed E-state index contributed by atoms with van der Waals surface area (Å²) in [5.41, 5.74) is 1.67. The Hall–Kier alpha value is -0.570. The second kappa shape index (κ2) is 7.13. The van der Waals surface area contributed by atoms with E-state index in [1.807, 2.05) is 19.9 Å². The molecule has 1 aromatic rings. The van der Waals surface area contributed by atoms with Gasteiger partial charge in [-0.2, -0.15) is 0 Å². The molecule has 0 aliphatic heterocycles. The SMILES string of the molecule is CC.CCC(C)(C)c1cc(C)c(F)c(Br)c1OC. The minimum absolute atomic E-state index is 0.0215. The first-order valence-corrected chi connectivity index (χ1v) is 7.17. The van der Waals surface area contributed by atoms with Gasteiger partial charge in [-0.3, -0.25) is 0 Å². The summed E-state index contributed by atoms with van der Waals surface area (Å²) in [4.78, 5) is 0. The van der Waals surface area contributed by atoms with Crippen molar-refractivity contribution in [2.75, 3.05) is 7.11 Å². The van der Waals surface area contributed by atoms with E-state index in [9.17, 15) is 4.39 Å². The molecule has 0 heterocycles. The maximum atomic E-state index is 13.7. The molecule has 1 nitrogen and oxygen atoms in total. The Morgan fingerprint density at radius 1 is 1.33 bits per heavy atom. The lowest BCUT2D eigenvalue weighted by molar-refractivity contribution is 0.382. The van der Waals surface area contributed by atoms with Crippen molar-refractivity contribution < 1.29 is 9.13 Å². The summed E-state index contributed by atoms with van der Waals surface area (Å²) in [5, 5.41) is 0. The van der Waals surface area contributed by atoms with E-state index in [1.165, 1.54) is 0 Å². The molecule has 1 aromatic carbocycles. The molecule has 0 spiro atoms. The van der Waals surface area contributed by atoms with Gasteiger partial charge < -0.3 is 4.74 Å². The van der Waals surface area contributed by atoms with E-state index in [1.54, 1.807) is 14.0 Å². The van der Waals surface area contributed by atoms with Gasteiger partial charge in [0.15, 0.2) is 0 Å². The van der Waals surface area contributed by atoms with Crippen LogP contribution in [0, 0.1) is 12.7 Å². The predicted molar refractivity (Wildman–Crippen MR) is 80.1 cm³/mol. The van der Waals surface area contributed by atoms with Crippen molar-refractivity contribution in [1.29, 1.82) is 0 Å². The summed E-state index contributed by atoms with van der Waals surface area (Å²) in [6, 6.07) is 1.88. The van der Waals surface area contributed by atoms with Crippen molar-refractivity contribution >= 4 is 15.9 Å². The first-order chi connectivity index (χ1) is 8.35. The molecule has 0 N–H and O–H groups in total. The van der Waals surface area contributed by atoms with Crippen molar-refractivity contribution in [3.8, 4) is 5.75 Å². The summed E-state index contributed by atoms with van der Waals surface area (Å²) in [6.07, 6.45) is 0.973. The van der Waals surface area contributed by atoms with E-state index >= 15 is 0 Å². The number of aryl methyl sites for hydroxylation is 1. The minimum atomic E-state index is -0.243. The van der Waals surface area contributed by atoms with Gasteiger partial charge in [0.2, 0.25) is 0 Å². The highest BCUT2D eigenvalue weighted by molar-refractivity contribution is 9.10. The largest absolute Gasteiger partial charge is 0.495 e. The van der Waals surface area contributed by atoms with Crippen LogP contribution in [0.4, 0.5) is 4.39 Å². The van der Waals surface area contributed by atoms with Crippen LogP contribution in [-0.4, -0.2) is 7.11 Å². The molecule has 0 aromatic heterocycles. The fourth-order valence-corrected chi connectivity index (χ4v) is 2.32. The number of benzene rings is 1. The van der Waals surface area contributed by atoms with Gasteiger partial charge >= 0.3 is 0 Å². The lowest BCUT2D eigenvalue weighted by atomic mass is 9.81. The number of halogens is 2. The monoisotopic (exact) mass is 318 g/mol. The number of rotatable bonds is 3. The van der Waals surface area contributed by atoms with Gasteiger partial charge in [0.25, 0.3) is 0 Å². The first-order valence-electron chi connectivity index (χ1n) is 6.38. The maximum absolute atomic E-state index is 13.7. The Morgan fingerprint density at radius 3 is 2.22 bits per heavy atom. The van der Waals surface area contributed by atoms with E-state index < -0.39 is 0 Å². The lowest BCUT2D eigenvalue weighted by Crippen LogP contribution is -2.17. The molecule has 18 heavy (non-hydrogen) atoms. The fourth-order valence-electron chi connectivity index (χ4n) is 1.63. The van der Waals surface area contributed by atoms with Crippen molar-refractivity contribution in [2.24, 2.45) is 0 Å². The molecule has 3 heteroatoms. The fraction of sp³-hybridized carbons (Fsp3) is 0.600. The minimum Gasteiger partial charge on any atom is -0.495 e. The summed E-state index contributed by atoms with van der Waals surface area (Å²) in [7, 11) is 1.57. The van der Waals surface area contributed by atoms with Crippen LogP contribution in [0.1, 0.15) is 52.2 Å². The van der Waals surface area contributed by atoms with E-state index in [0.29, 0.717) is 15.8 Å². The molecule has 0 amide bonds. The van der Waals surface area contributed by atoms with Crippen molar-refractivity contribution in [2.45, 2.75) is 53.4 Å². The van der Waals surface area contributed by atoms with Gasteiger partial charge in [-0.15, -0.1) is 0 Å². The topological polar surface area (TPSA) is 9.23 Å². The molecule has 0 radical (unpaired) electrons. The summed E-state index contributed by atoms with van der Waals surface area (Å²) in [5.74, 6) is 0.363. The quantitative estimate of drug-likeness (QED) is 0.702. The molecule has 1 rings (SSSR count). The molecule has 0 bridgehead atoms. The van der Waals surface area contributed by atoms with Crippen LogP contribution in [0.25, 0.3) is 0 Å². The average molecular weight is 319 g/mol. The molecule has 0 saturated heterocycles. The van der Waals surface area contributed by atoms with E-state index in [2.05, 4.69) is 36.7 Å². The molecule has 0 fully saturated rings. The number of ether oxygens (including phenoxy) is 1. The summed E-state index contributed by atoms with van der Waals surface area (Å²) >= 11 is 3.26. The second-order valence-corrected chi connectivity index (χ2v) is 5.43. The number of methoxy groups -OCH3 is 1. The molecular formula is C15H24BrFO. The van der Waals surface area contributed by atoms with Crippen LogP contribution in [0.15, 0.2) is 10.5 Å². The molecule has 0 unspecified atom stereocenters. The van der Waals surface area contributed by atoms with Gasteiger partial charge in [0, 0.05) is 5.56 Å². The number of hydrogen-bond donors (Lipinski definition) is 0. The smallest absolute Gasteiger partial charge is 0.144 e. The van der Waals surface area contributed by atoms with E-state index in [4.69, 9.17) is 4.74 Å². The normalized spacial score (nSPS) is 10.7. The highest BCUT2D eigenvalue weighted by atomic mass is 79.9. The van der Waals surface area contributed by atoms with Gasteiger partial charge in [0.05, 0.1) is 11.6 Å². The van der Waals surface area contributed by atoms with Crippen LogP contribution in [0.5, 0.6) is 5.75 Å². The Bertz CT molecular complexity index is 400. The van der Waals surface area contributed by atoms with Crippen LogP contribution >= 0.6 is 15.9 Å². The van der Waals surface area contributed by atoms with Crippen molar-refractivity contribution in [1.82, 2.24) is 0 Å². The molecule has 0 saturated carbocycles. The van der Waals surface area contributed by atoms with Crippen LogP contribution in [-0.2, 0) is 5.41 Å². The third kappa shape index (κ3) is 3.47. The zero-order chi connectivity index (χ0) is 14.5. The maximum Gasteiger partial charge on any atom is 0.144 e. The highest BCUT2D eigenvalue weighted by Gasteiger charge is 2.26. The average Bonchev–Trinajstić information content (AvgIpc) is 2.38. The molecule has 0 aliphatic rings. The third-order valence-corrected chi connectivity index (χ3v) is 3.87. The predicted octanol–water partition coefficient (Wildman–Crippen LogP) is 5.62. The summed E-state index contributed by atoms with van der Waals surface area (Å²) in [6.45, 7) is 12.2. The van der Waals surface area contributed by atoms with Crippen molar-refractivity contribution in [3.63, 3.8) is 0 Å². The van der Waals surface area contributed by atoms with Gasteiger partial charge in [-0.25, -0.2) is 4.39 Å². The van der Waals surface area contributed by atoms with Gasteiger partial charge in [-0.05, 0) is 46.3 Å². The standard InChI is InChI=1S/C13H18BrFO.C2H6/c1-6-13(3,4)9-7-8(2)11(15)10(14)12(9)16-5;1-2/h7H,6H2,1-5H3;1-2H3. The molecule has 0 aliphatic carbocycles. The molecule has 104 valence electrons. The molecule has 0 atom stereocenters. The zero-order valence-corrected chi connectivity index (χ0v) is 14.0. The summed E-state index contributed by atoms with van der Waals surface area (Å²) < 4.78 is 19.5. The third-order valence-electron chi connectivity index (χ3n) is 3.16. The van der Waals surface area contributed by atoms with Crippen LogP contribution in [0.3, 0.4) is 0 Å². The lowest BCUT2D eigenvalue weighted by Gasteiger charge is -2.27. The van der Waals surface area contributed by atoms with Crippen LogP contribution < -0.4 is 4.74 Å². The number of hydrogen-bond acceptors (Lipinski definition) is 1. The van der Waals surface area contributed by atoms with Crippen LogP contribution in [0.2, 0.25) is 0 Å². The van der Waals surface area contributed by atoms with E-state index in [0.717, 1.165) is 12.0 Å². The Morgan fingerprint density at radius 2 is 1.83 bits per heavy atom. The van der Waals surface area contributed by atoms with Gasteiger partial charge in [-0.1, -0.05) is 34.6 Å². The molecular weight excluding hydrogens is 295 g/mol. The Labute approximate surface area is 119 Å².